The van der Waals surface area contributed by atoms with Crippen LogP contribution < -0.4 is 11.1 Å². The summed E-state index contributed by atoms with van der Waals surface area (Å²) < 4.78 is 23.7. The Morgan fingerprint density at radius 1 is 1.38 bits per heavy atom. The third kappa shape index (κ3) is 3.21. The van der Waals surface area contributed by atoms with E-state index in [0.29, 0.717) is 0 Å². The van der Waals surface area contributed by atoms with Crippen molar-refractivity contribution in [2.45, 2.75) is 6.43 Å². The molecule has 3 nitrogen and oxygen atoms in total. The monoisotopic (exact) mass is 268 g/mol. The second-order valence-electron chi connectivity index (χ2n) is 2.95. The van der Waals surface area contributed by atoms with Gasteiger partial charge >= 0.3 is 0 Å². The molecule has 7 heteroatoms. The molecule has 0 saturated heterocycles. The summed E-state index contributed by atoms with van der Waals surface area (Å²) in [5, 5.41) is 2.24. The fraction of sp³-hybridized carbons (Fsp3) is 0.222. The number of carbonyl (C=O) groups is 1. The van der Waals surface area contributed by atoms with Crippen molar-refractivity contribution in [3.63, 3.8) is 0 Å². The van der Waals surface area contributed by atoms with Gasteiger partial charge < -0.3 is 11.1 Å². The van der Waals surface area contributed by atoms with E-state index >= 15 is 0 Å². The van der Waals surface area contributed by atoms with Crippen LogP contribution in [-0.4, -0.2) is 18.9 Å². The molecule has 1 aromatic rings. The smallest absolute Gasteiger partial charge is 0.255 e. The minimum atomic E-state index is -2.61. The maximum absolute atomic E-state index is 11.8. The van der Waals surface area contributed by atoms with Crippen molar-refractivity contribution in [3.05, 3.63) is 27.7 Å². The molecule has 1 rings (SSSR count). The molecule has 1 amide bonds. The van der Waals surface area contributed by atoms with Gasteiger partial charge in [0.15, 0.2) is 0 Å². The number of anilines is 1. The number of amides is 1. The summed E-state index contributed by atoms with van der Waals surface area (Å²) in [6.45, 7) is -0.724. The minimum absolute atomic E-state index is 0.0878. The summed E-state index contributed by atoms with van der Waals surface area (Å²) in [5.41, 5.74) is 5.69. The van der Waals surface area contributed by atoms with Gasteiger partial charge in [-0.2, -0.15) is 0 Å². The molecule has 0 aliphatic rings. The van der Waals surface area contributed by atoms with E-state index in [4.69, 9.17) is 28.9 Å². The van der Waals surface area contributed by atoms with E-state index in [1.54, 1.807) is 0 Å². The van der Waals surface area contributed by atoms with Crippen molar-refractivity contribution in [1.29, 1.82) is 0 Å². The number of nitrogens with two attached hydrogens (primary N) is 1. The Labute approximate surface area is 101 Å². The van der Waals surface area contributed by atoms with Crippen molar-refractivity contribution in [1.82, 2.24) is 5.32 Å². The number of nitrogen functional groups attached to an aromatic ring is 1. The molecule has 0 fully saturated rings. The van der Waals surface area contributed by atoms with Crippen LogP contribution in [0.3, 0.4) is 0 Å². The lowest BCUT2D eigenvalue weighted by Gasteiger charge is -2.07. The molecule has 0 bridgehead atoms. The largest absolute Gasteiger partial charge is 0.396 e. The molecular weight excluding hydrogens is 261 g/mol. The van der Waals surface area contributed by atoms with Crippen molar-refractivity contribution in [3.8, 4) is 0 Å². The summed E-state index contributed by atoms with van der Waals surface area (Å²) in [5.74, 6) is -0.677. The van der Waals surface area contributed by atoms with Crippen LogP contribution in [0.25, 0.3) is 0 Å². The van der Waals surface area contributed by atoms with Crippen molar-refractivity contribution in [2.75, 3.05) is 12.3 Å². The van der Waals surface area contributed by atoms with Gasteiger partial charge in [0.25, 0.3) is 12.3 Å². The van der Waals surface area contributed by atoms with E-state index in [-0.39, 0.29) is 21.3 Å². The number of halogens is 4. The molecule has 0 spiro atoms. The number of alkyl halides is 2. The first kappa shape index (κ1) is 13.0. The molecule has 0 unspecified atom stereocenters. The highest BCUT2D eigenvalue weighted by atomic mass is 35.5. The zero-order valence-corrected chi connectivity index (χ0v) is 9.45. The molecule has 16 heavy (non-hydrogen) atoms. The lowest BCUT2D eigenvalue weighted by molar-refractivity contribution is 0.0892. The van der Waals surface area contributed by atoms with Gasteiger partial charge in [-0.15, -0.1) is 0 Å². The van der Waals surface area contributed by atoms with Crippen LogP contribution in [0.15, 0.2) is 12.1 Å². The quantitative estimate of drug-likeness (QED) is 0.828. The standard InChI is InChI=1S/C9H8Cl2F2N2O/c10-5-1-4(2-6(11)8(5)14)9(16)15-3-7(12)13/h1-2,7H,3,14H2,(H,15,16). The van der Waals surface area contributed by atoms with E-state index in [2.05, 4.69) is 0 Å². The minimum Gasteiger partial charge on any atom is -0.396 e. The van der Waals surface area contributed by atoms with Crippen LogP contribution in [0.5, 0.6) is 0 Å². The van der Waals surface area contributed by atoms with Crippen LogP contribution in [0.2, 0.25) is 10.0 Å². The first-order chi connectivity index (χ1) is 7.41. The number of benzene rings is 1. The first-order valence-electron chi connectivity index (χ1n) is 4.22. The summed E-state index contributed by atoms with van der Waals surface area (Å²) in [6.07, 6.45) is -2.61. The molecular formula is C9H8Cl2F2N2O. The molecule has 3 N–H and O–H groups in total. The SMILES string of the molecule is Nc1c(Cl)cc(C(=O)NCC(F)F)cc1Cl. The Kier molecular flexibility index (Phi) is 4.32. The van der Waals surface area contributed by atoms with Gasteiger partial charge in [0.05, 0.1) is 22.3 Å². The molecule has 0 atom stereocenters. The van der Waals surface area contributed by atoms with Crippen LogP contribution in [0.1, 0.15) is 10.4 Å². The summed E-state index contributed by atoms with van der Waals surface area (Å²) in [7, 11) is 0. The fourth-order valence-electron chi connectivity index (χ4n) is 0.987. The van der Waals surface area contributed by atoms with Crippen LogP contribution >= 0.6 is 23.2 Å². The predicted octanol–water partition coefficient (Wildman–Crippen LogP) is 2.57. The van der Waals surface area contributed by atoms with Crippen LogP contribution in [0.4, 0.5) is 14.5 Å². The second-order valence-corrected chi connectivity index (χ2v) is 3.77. The normalized spacial score (nSPS) is 10.6. The summed E-state index contributed by atoms with van der Waals surface area (Å²) in [4.78, 5) is 11.4. The highest BCUT2D eigenvalue weighted by Gasteiger charge is 2.12. The predicted molar refractivity (Wildman–Crippen MR) is 59.2 cm³/mol. The number of hydrogen-bond acceptors (Lipinski definition) is 2. The lowest BCUT2D eigenvalue weighted by Crippen LogP contribution is -2.28. The Morgan fingerprint density at radius 3 is 2.31 bits per heavy atom. The van der Waals surface area contributed by atoms with Gasteiger partial charge in [0, 0.05) is 5.56 Å². The van der Waals surface area contributed by atoms with E-state index in [1.807, 2.05) is 5.32 Å². The third-order valence-corrected chi connectivity index (χ3v) is 2.38. The van der Waals surface area contributed by atoms with Gasteiger partial charge in [0.2, 0.25) is 0 Å². The third-order valence-electron chi connectivity index (χ3n) is 1.76. The zero-order valence-electron chi connectivity index (χ0n) is 7.94. The maximum Gasteiger partial charge on any atom is 0.255 e. The highest BCUT2D eigenvalue weighted by Crippen LogP contribution is 2.28. The highest BCUT2D eigenvalue weighted by molar-refractivity contribution is 6.39. The molecule has 88 valence electrons. The fourth-order valence-corrected chi connectivity index (χ4v) is 1.47. The average molecular weight is 269 g/mol. The zero-order chi connectivity index (χ0) is 12.3. The Balaban J connectivity index is 2.84. The van der Waals surface area contributed by atoms with E-state index in [1.165, 1.54) is 12.1 Å². The topological polar surface area (TPSA) is 55.1 Å². The molecule has 1 aromatic carbocycles. The van der Waals surface area contributed by atoms with Crippen molar-refractivity contribution < 1.29 is 13.6 Å². The first-order valence-corrected chi connectivity index (χ1v) is 4.98. The van der Waals surface area contributed by atoms with Crippen LogP contribution in [-0.2, 0) is 0 Å². The number of hydrogen-bond donors (Lipinski definition) is 2. The number of carbonyl (C=O) groups excluding carboxylic acids is 1. The second kappa shape index (κ2) is 5.32. The van der Waals surface area contributed by atoms with Crippen molar-refractivity contribution >= 4 is 34.8 Å². The molecule has 0 aliphatic carbocycles. The van der Waals surface area contributed by atoms with Gasteiger partial charge in [0.1, 0.15) is 0 Å². The summed E-state index contributed by atoms with van der Waals surface area (Å²) in [6, 6.07) is 2.53. The van der Waals surface area contributed by atoms with Crippen LogP contribution in [0, 0.1) is 0 Å². The van der Waals surface area contributed by atoms with E-state index < -0.39 is 18.9 Å². The van der Waals surface area contributed by atoms with Gasteiger partial charge in [-0.25, -0.2) is 8.78 Å². The Morgan fingerprint density at radius 2 is 1.88 bits per heavy atom. The molecule has 0 heterocycles. The van der Waals surface area contributed by atoms with Crippen molar-refractivity contribution in [2.24, 2.45) is 0 Å². The van der Waals surface area contributed by atoms with E-state index in [0.717, 1.165) is 0 Å². The summed E-state index contributed by atoms with van der Waals surface area (Å²) >= 11 is 11.4. The molecule has 0 aromatic heterocycles. The van der Waals surface area contributed by atoms with Gasteiger partial charge in [-0.3, -0.25) is 4.79 Å². The van der Waals surface area contributed by atoms with Gasteiger partial charge in [-0.1, -0.05) is 23.2 Å². The molecule has 0 aliphatic heterocycles. The lowest BCUT2D eigenvalue weighted by atomic mass is 10.2. The Hall–Kier alpha value is -1.07. The molecule has 0 radical (unpaired) electrons. The molecule has 0 saturated carbocycles. The maximum atomic E-state index is 11.8. The average Bonchev–Trinajstić information content (AvgIpc) is 2.21. The van der Waals surface area contributed by atoms with E-state index in [9.17, 15) is 13.6 Å². The Bertz CT molecular complexity index is 389. The number of nitrogens with one attached hydrogen (secondary N) is 1. The number of rotatable bonds is 3. The van der Waals surface area contributed by atoms with Gasteiger partial charge in [-0.05, 0) is 12.1 Å².